The summed E-state index contributed by atoms with van der Waals surface area (Å²) in [6, 6.07) is 0. The van der Waals surface area contributed by atoms with Gasteiger partial charge in [-0.25, -0.2) is 9.97 Å². The average molecular weight is 221 g/mol. The summed E-state index contributed by atoms with van der Waals surface area (Å²) in [7, 11) is 1.88. The Morgan fingerprint density at radius 2 is 2.12 bits per heavy atom. The third kappa shape index (κ3) is 2.10. The number of nitrogens with one attached hydrogen (secondary N) is 1. The highest BCUT2D eigenvalue weighted by Crippen LogP contribution is 2.33. The van der Waals surface area contributed by atoms with Crippen LogP contribution in [0.2, 0.25) is 0 Å². The van der Waals surface area contributed by atoms with Crippen LogP contribution in [0.1, 0.15) is 44.6 Å². The van der Waals surface area contributed by atoms with Gasteiger partial charge in [-0.2, -0.15) is 0 Å². The zero-order valence-electron chi connectivity index (χ0n) is 10.2. The predicted molar refractivity (Wildman–Crippen MR) is 63.9 cm³/mol. The molecule has 0 amide bonds. The maximum absolute atomic E-state index is 5.89. The molecular weight excluding hydrogens is 202 g/mol. The molecule has 2 rings (SSSR count). The first kappa shape index (κ1) is 11.2. The van der Waals surface area contributed by atoms with Gasteiger partial charge in [0.2, 0.25) is 5.88 Å². The molecule has 0 aromatic carbocycles. The molecule has 1 saturated carbocycles. The summed E-state index contributed by atoms with van der Waals surface area (Å²) in [5.41, 5.74) is 1.08. The number of rotatable bonds is 4. The van der Waals surface area contributed by atoms with E-state index >= 15 is 0 Å². The van der Waals surface area contributed by atoms with Crippen LogP contribution in [0.15, 0.2) is 6.33 Å². The van der Waals surface area contributed by atoms with Crippen LogP contribution in [0.4, 0.5) is 5.82 Å². The van der Waals surface area contributed by atoms with E-state index in [1.54, 1.807) is 6.33 Å². The predicted octanol–water partition coefficient (Wildman–Crippen LogP) is 2.57. The smallest absolute Gasteiger partial charge is 0.222 e. The lowest BCUT2D eigenvalue weighted by Crippen LogP contribution is -2.26. The molecule has 1 aliphatic carbocycles. The largest absolute Gasteiger partial charge is 0.474 e. The third-order valence-corrected chi connectivity index (χ3v) is 2.99. The highest BCUT2D eigenvalue weighted by Gasteiger charge is 2.23. The van der Waals surface area contributed by atoms with Crippen molar-refractivity contribution in [2.24, 2.45) is 0 Å². The molecule has 1 aromatic heterocycles. The van der Waals surface area contributed by atoms with Gasteiger partial charge >= 0.3 is 0 Å². The Balaban J connectivity index is 2.26. The molecule has 0 spiro atoms. The second-order valence-electron chi connectivity index (χ2n) is 4.52. The first-order chi connectivity index (χ1) is 7.72. The zero-order valence-corrected chi connectivity index (χ0v) is 10.2. The van der Waals surface area contributed by atoms with Crippen molar-refractivity contribution in [3.05, 3.63) is 11.9 Å². The van der Waals surface area contributed by atoms with Gasteiger partial charge in [-0.15, -0.1) is 0 Å². The topological polar surface area (TPSA) is 47.0 Å². The molecule has 16 heavy (non-hydrogen) atoms. The van der Waals surface area contributed by atoms with Crippen LogP contribution in [-0.2, 0) is 0 Å². The normalized spacial score (nSPS) is 16.0. The van der Waals surface area contributed by atoms with E-state index in [9.17, 15) is 0 Å². The number of aromatic nitrogens is 2. The SMILES string of the molecule is CNc1ncnc(OC2CCC2)c1C(C)C. The van der Waals surface area contributed by atoms with Crippen molar-refractivity contribution >= 4 is 5.82 Å². The van der Waals surface area contributed by atoms with Gasteiger partial charge in [0, 0.05) is 7.05 Å². The Hall–Kier alpha value is -1.32. The molecule has 0 radical (unpaired) electrons. The highest BCUT2D eigenvalue weighted by molar-refractivity contribution is 5.50. The van der Waals surface area contributed by atoms with Crippen molar-refractivity contribution in [3.8, 4) is 5.88 Å². The van der Waals surface area contributed by atoms with Crippen molar-refractivity contribution in [2.75, 3.05) is 12.4 Å². The summed E-state index contributed by atoms with van der Waals surface area (Å²) in [6.07, 6.45) is 5.49. The summed E-state index contributed by atoms with van der Waals surface area (Å²) in [5, 5.41) is 3.10. The van der Waals surface area contributed by atoms with Crippen LogP contribution >= 0.6 is 0 Å². The van der Waals surface area contributed by atoms with Gasteiger partial charge in [0.15, 0.2) is 0 Å². The van der Waals surface area contributed by atoms with E-state index in [4.69, 9.17) is 4.74 Å². The zero-order chi connectivity index (χ0) is 11.5. The molecule has 0 bridgehead atoms. The number of hydrogen-bond acceptors (Lipinski definition) is 4. The average Bonchev–Trinajstić information content (AvgIpc) is 2.22. The van der Waals surface area contributed by atoms with Gasteiger partial charge < -0.3 is 10.1 Å². The van der Waals surface area contributed by atoms with Gasteiger partial charge in [-0.1, -0.05) is 13.8 Å². The van der Waals surface area contributed by atoms with Crippen LogP contribution in [-0.4, -0.2) is 23.1 Å². The van der Waals surface area contributed by atoms with E-state index in [1.807, 2.05) is 7.05 Å². The lowest BCUT2D eigenvalue weighted by Gasteiger charge is -2.27. The summed E-state index contributed by atoms with van der Waals surface area (Å²) in [5.74, 6) is 1.98. The Kier molecular flexibility index (Phi) is 3.27. The molecule has 0 unspecified atom stereocenters. The molecule has 0 atom stereocenters. The molecule has 0 aliphatic heterocycles. The van der Waals surface area contributed by atoms with Crippen molar-refractivity contribution in [3.63, 3.8) is 0 Å². The van der Waals surface area contributed by atoms with E-state index in [0.717, 1.165) is 30.1 Å². The van der Waals surface area contributed by atoms with Crippen molar-refractivity contribution in [1.29, 1.82) is 0 Å². The van der Waals surface area contributed by atoms with Crippen LogP contribution < -0.4 is 10.1 Å². The van der Waals surface area contributed by atoms with Gasteiger partial charge in [0.25, 0.3) is 0 Å². The molecular formula is C12H19N3O. The monoisotopic (exact) mass is 221 g/mol. The quantitative estimate of drug-likeness (QED) is 0.848. The summed E-state index contributed by atoms with van der Waals surface area (Å²) in [4.78, 5) is 8.49. The Morgan fingerprint density at radius 3 is 2.62 bits per heavy atom. The fraction of sp³-hybridized carbons (Fsp3) is 0.667. The van der Waals surface area contributed by atoms with E-state index < -0.39 is 0 Å². The van der Waals surface area contributed by atoms with E-state index in [2.05, 4.69) is 29.1 Å². The molecule has 1 N–H and O–H groups in total. The van der Waals surface area contributed by atoms with Gasteiger partial charge in [-0.05, 0) is 25.2 Å². The minimum atomic E-state index is 0.358. The Morgan fingerprint density at radius 1 is 1.38 bits per heavy atom. The van der Waals surface area contributed by atoms with Crippen LogP contribution in [0.25, 0.3) is 0 Å². The molecule has 4 nitrogen and oxygen atoms in total. The second kappa shape index (κ2) is 4.68. The maximum atomic E-state index is 5.89. The Bertz CT molecular complexity index is 361. The fourth-order valence-electron chi connectivity index (χ4n) is 1.84. The molecule has 1 aliphatic rings. The molecule has 0 saturated heterocycles. The summed E-state index contributed by atoms with van der Waals surface area (Å²) in [6.45, 7) is 4.26. The summed E-state index contributed by atoms with van der Waals surface area (Å²) >= 11 is 0. The number of ether oxygens (including phenoxy) is 1. The first-order valence-corrected chi connectivity index (χ1v) is 5.91. The second-order valence-corrected chi connectivity index (χ2v) is 4.52. The van der Waals surface area contributed by atoms with Crippen LogP contribution in [0.3, 0.4) is 0 Å². The van der Waals surface area contributed by atoms with Crippen molar-refractivity contribution in [1.82, 2.24) is 9.97 Å². The van der Waals surface area contributed by atoms with E-state index in [0.29, 0.717) is 12.0 Å². The number of anilines is 1. The lowest BCUT2D eigenvalue weighted by atomic mass is 9.96. The molecule has 1 aromatic rings. The minimum absolute atomic E-state index is 0.358. The highest BCUT2D eigenvalue weighted by atomic mass is 16.5. The number of nitrogens with zero attached hydrogens (tertiary/aromatic N) is 2. The first-order valence-electron chi connectivity index (χ1n) is 5.91. The molecule has 4 heteroatoms. The standard InChI is InChI=1S/C12H19N3O/c1-8(2)10-11(13-3)14-7-15-12(10)16-9-5-4-6-9/h7-9H,4-6H2,1-3H3,(H,13,14,15). The molecule has 88 valence electrons. The summed E-state index contributed by atoms with van der Waals surface area (Å²) < 4.78 is 5.89. The minimum Gasteiger partial charge on any atom is -0.474 e. The molecule has 1 heterocycles. The fourth-order valence-corrected chi connectivity index (χ4v) is 1.84. The van der Waals surface area contributed by atoms with Crippen molar-refractivity contribution < 1.29 is 4.74 Å². The van der Waals surface area contributed by atoms with Crippen LogP contribution in [0, 0.1) is 0 Å². The molecule has 1 fully saturated rings. The van der Waals surface area contributed by atoms with E-state index in [1.165, 1.54) is 6.42 Å². The van der Waals surface area contributed by atoms with Gasteiger partial charge in [-0.3, -0.25) is 0 Å². The van der Waals surface area contributed by atoms with E-state index in [-0.39, 0.29) is 0 Å². The van der Waals surface area contributed by atoms with Crippen molar-refractivity contribution in [2.45, 2.75) is 45.1 Å². The maximum Gasteiger partial charge on any atom is 0.222 e. The Labute approximate surface area is 96.4 Å². The van der Waals surface area contributed by atoms with Gasteiger partial charge in [0.05, 0.1) is 5.56 Å². The van der Waals surface area contributed by atoms with Crippen LogP contribution in [0.5, 0.6) is 5.88 Å². The third-order valence-electron chi connectivity index (χ3n) is 2.99. The number of hydrogen-bond donors (Lipinski definition) is 1. The lowest BCUT2D eigenvalue weighted by molar-refractivity contribution is 0.113. The van der Waals surface area contributed by atoms with Gasteiger partial charge in [0.1, 0.15) is 18.2 Å².